The molecule has 2 heterocycles. The van der Waals surface area contributed by atoms with E-state index in [-0.39, 0.29) is 0 Å². The zero-order valence-electron chi connectivity index (χ0n) is 15.2. The average molecular weight is 309 g/mol. The number of nitrogens with zero attached hydrogens (tertiary/aromatic N) is 2. The Morgan fingerprint density at radius 1 is 0.955 bits per heavy atom. The first kappa shape index (κ1) is 17.9. The number of Topliss-reactive ketones (excluding diaryl/α,β-unsaturated/α-hetero) is 1. The molecular weight excluding hydrogens is 272 g/mol. The molecule has 3 heteroatoms. The lowest BCUT2D eigenvalue weighted by Crippen LogP contribution is -2.44. The fourth-order valence-electron chi connectivity index (χ4n) is 4.02. The number of piperidine rings is 2. The van der Waals surface area contributed by atoms with Crippen molar-refractivity contribution >= 4 is 5.78 Å². The lowest BCUT2D eigenvalue weighted by atomic mass is 9.87. The molecule has 0 aromatic heterocycles. The van der Waals surface area contributed by atoms with E-state index in [1.807, 2.05) is 0 Å². The molecule has 2 saturated heterocycles. The topological polar surface area (TPSA) is 23.6 Å². The van der Waals surface area contributed by atoms with E-state index < -0.39 is 0 Å². The Morgan fingerprint density at radius 3 is 2.05 bits per heavy atom. The summed E-state index contributed by atoms with van der Waals surface area (Å²) in [4.78, 5) is 17.4. The Kier molecular flexibility index (Phi) is 6.88. The van der Waals surface area contributed by atoms with Gasteiger partial charge < -0.3 is 9.80 Å². The Balaban J connectivity index is 1.67. The lowest BCUT2D eigenvalue weighted by Gasteiger charge is -2.38. The minimum absolute atomic E-state index is 0.349. The summed E-state index contributed by atoms with van der Waals surface area (Å²) in [5, 5.41) is 0. The van der Waals surface area contributed by atoms with Gasteiger partial charge >= 0.3 is 0 Å². The minimum atomic E-state index is 0.349. The number of rotatable bonds is 6. The molecule has 0 amide bonds. The van der Waals surface area contributed by atoms with E-state index in [1.165, 1.54) is 32.5 Å². The first-order chi connectivity index (χ1) is 10.5. The predicted octanol–water partition coefficient (Wildman–Crippen LogP) is 3.43. The molecular formula is C19H36N2O. The van der Waals surface area contributed by atoms with Gasteiger partial charge in [0, 0.05) is 24.9 Å². The molecule has 3 nitrogen and oxygen atoms in total. The standard InChI is InChI=1S/C19H36N2O/c1-15(2)13-19(22)18-7-9-20(10-8-18)14-17-5-11-21(12-6-17)16(3)4/h15-18H,5-14H2,1-4H3. The quantitative estimate of drug-likeness (QED) is 0.751. The minimum Gasteiger partial charge on any atom is -0.303 e. The van der Waals surface area contributed by atoms with E-state index >= 15 is 0 Å². The highest BCUT2D eigenvalue weighted by Crippen LogP contribution is 2.25. The second-order valence-electron chi connectivity index (χ2n) is 8.21. The maximum absolute atomic E-state index is 12.2. The molecule has 2 aliphatic rings. The fourth-order valence-corrected chi connectivity index (χ4v) is 4.02. The van der Waals surface area contributed by atoms with Gasteiger partial charge in [-0.15, -0.1) is 0 Å². The molecule has 0 unspecified atom stereocenters. The molecule has 2 fully saturated rings. The Labute approximate surface area is 137 Å². The van der Waals surface area contributed by atoms with Crippen LogP contribution in [0.5, 0.6) is 0 Å². The first-order valence-corrected chi connectivity index (χ1v) is 9.44. The zero-order valence-corrected chi connectivity index (χ0v) is 15.2. The van der Waals surface area contributed by atoms with Crippen LogP contribution >= 0.6 is 0 Å². The molecule has 0 atom stereocenters. The number of hydrogen-bond acceptors (Lipinski definition) is 3. The van der Waals surface area contributed by atoms with Gasteiger partial charge in [0.1, 0.15) is 5.78 Å². The maximum Gasteiger partial charge on any atom is 0.136 e. The van der Waals surface area contributed by atoms with E-state index in [0.717, 1.165) is 38.3 Å². The van der Waals surface area contributed by atoms with Crippen LogP contribution < -0.4 is 0 Å². The summed E-state index contributed by atoms with van der Waals surface area (Å²) in [6.07, 6.45) is 5.67. The predicted molar refractivity (Wildman–Crippen MR) is 93.1 cm³/mol. The van der Waals surface area contributed by atoms with Crippen LogP contribution in [0.1, 0.15) is 59.8 Å². The summed E-state index contributed by atoms with van der Waals surface area (Å²) in [7, 11) is 0. The Hall–Kier alpha value is -0.410. The van der Waals surface area contributed by atoms with Gasteiger partial charge in [0.05, 0.1) is 0 Å². The van der Waals surface area contributed by atoms with Crippen molar-refractivity contribution in [3.05, 3.63) is 0 Å². The van der Waals surface area contributed by atoms with E-state index in [9.17, 15) is 4.79 Å². The van der Waals surface area contributed by atoms with Gasteiger partial charge in [0.2, 0.25) is 0 Å². The van der Waals surface area contributed by atoms with Crippen molar-refractivity contribution in [2.75, 3.05) is 32.7 Å². The number of ketones is 1. The Morgan fingerprint density at radius 2 is 1.55 bits per heavy atom. The van der Waals surface area contributed by atoms with Gasteiger partial charge in [-0.1, -0.05) is 13.8 Å². The van der Waals surface area contributed by atoms with Crippen LogP contribution in [-0.2, 0) is 4.79 Å². The number of hydrogen-bond donors (Lipinski definition) is 0. The van der Waals surface area contributed by atoms with Crippen LogP contribution in [0.15, 0.2) is 0 Å². The summed E-state index contributed by atoms with van der Waals surface area (Å²) in [6.45, 7) is 15.0. The third-order valence-electron chi connectivity index (χ3n) is 5.55. The third kappa shape index (κ3) is 5.34. The highest BCUT2D eigenvalue weighted by Gasteiger charge is 2.28. The van der Waals surface area contributed by atoms with E-state index in [0.29, 0.717) is 23.7 Å². The van der Waals surface area contributed by atoms with E-state index in [1.54, 1.807) is 0 Å². The van der Waals surface area contributed by atoms with Crippen LogP contribution in [0.3, 0.4) is 0 Å². The smallest absolute Gasteiger partial charge is 0.136 e. The van der Waals surface area contributed by atoms with Gasteiger partial charge in [-0.3, -0.25) is 4.79 Å². The second-order valence-corrected chi connectivity index (χ2v) is 8.21. The van der Waals surface area contributed by atoms with Crippen molar-refractivity contribution < 1.29 is 4.79 Å². The summed E-state index contributed by atoms with van der Waals surface area (Å²) < 4.78 is 0. The van der Waals surface area contributed by atoms with E-state index in [2.05, 4.69) is 37.5 Å². The normalized spacial score (nSPS) is 23.5. The van der Waals surface area contributed by atoms with Crippen molar-refractivity contribution in [2.45, 2.75) is 65.8 Å². The van der Waals surface area contributed by atoms with Crippen LogP contribution in [0.4, 0.5) is 0 Å². The zero-order chi connectivity index (χ0) is 16.1. The summed E-state index contributed by atoms with van der Waals surface area (Å²) in [6, 6.07) is 0.698. The van der Waals surface area contributed by atoms with Gasteiger partial charge in [-0.05, 0) is 77.5 Å². The molecule has 0 spiro atoms. The number of likely N-dealkylation sites (tertiary alicyclic amines) is 2. The molecule has 2 aliphatic heterocycles. The molecule has 22 heavy (non-hydrogen) atoms. The highest BCUT2D eigenvalue weighted by molar-refractivity contribution is 5.81. The molecule has 2 rings (SSSR count). The monoisotopic (exact) mass is 308 g/mol. The summed E-state index contributed by atoms with van der Waals surface area (Å²) >= 11 is 0. The molecule has 0 aromatic carbocycles. The summed E-state index contributed by atoms with van der Waals surface area (Å²) in [5.74, 6) is 2.25. The first-order valence-electron chi connectivity index (χ1n) is 9.44. The van der Waals surface area contributed by atoms with Gasteiger partial charge in [-0.2, -0.15) is 0 Å². The summed E-state index contributed by atoms with van der Waals surface area (Å²) in [5.41, 5.74) is 0. The Bertz CT molecular complexity index is 337. The molecule has 0 saturated carbocycles. The van der Waals surface area contributed by atoms with Crippen molar-refractivity contribution in [3.8, 4) is 0 Å². The lowest BCUT2D eigenvalue weighted by molar-refractivity contribution is -0.125. The molecule has 0 radical (unpaired) electrons. The van der Waals surface area contributed by atoms with Crippen LogP contribution in [0.2, 0.25) is 0 Å². The molecule has 0 bridgehead atoms. The van der Waals surface area contributed by atoms with Crippen molar-refractivity contribution in [1.29, 1.82) is 0 Å². The van der Waals surface area contributed by atoms with Gasteiger partial charge in [-0.25, -0.2) is 0 Å². The van der Waals surface area contributed by atoms with Crippen molar-refractivity contribution in [3.63, 3.8) is 0 Å². The highest BCUT2D eigenvalue weighted by atomic mass is 16.1. The van der Waals surface area contributed by atoms with Crippen LogP contribution in [0.25, 0.3) is 0 Å². The molecule has 0 N–H and O–H groups in total. The van der Waals surface area contributed by atoms with Crippen molar-refractivity contribution in [2.24, 2.45) is 17.8 Å². The molecule has 0 aliphatic carbocycles. The van der Waals surface area contributed by atoms with E-state index in [4.69, 9.17) is 0 Å². The maximum atomic E-state index is 12.2. The average Bonchev–Trinajstić information content (AvgIpc) is 2.48. The van der Waals surface area contributed by atoms with Gasteiger partial charge in [0.15, 0.2) is 0 Å². The fraction of sp³-hybridized carbons (Fsp3) is 0.947. The second kappa shape index (κ2) is 8.44. The third-order valence-corrected chi connectivity index (χ3v) is 5.55. The number of carbonyl (C=O) groups is 1. The molecule has 0 aromatic rings. The largest absolute Gasteiger partial charge is 0.303 e. The van der Waals surface area contributed by atoms with Gasteiger partial charge in [0.25, 0.3) is 0 Å². The van der Waals surface area contributed by atoms with Crippen LogP contribution in [-0.4, -0.2) is 54.3 Å². The number of carbonyl (C=O) groups excluding carboxylic acids is 1. The molecule has 128 valence electrons. The van der Waals surface area contributed by atoms with Crippen LogP contribution in [0, 0.1) is 17.8 Å². The SMILES string of the molecule is CC(C)CC(=O)C1CCN(CC2CCN(C(C)C)CC2)CC1. The van der Waals surface area contributed by atoms with Crippen molar-refractivity contribution in [1.82, 2.24) is 9.80 Å².